The number of halogens is 1. The molecule has 0 atom stereocenters. The van der Waals surface area contributed by atoms with Gasteiger partial charge in [-0.05, 0) is 80.8 Å². The minimum atomic E-state index is -0.970. The van der Waals surface area contributed by atoms with Crippen molar-refractivity contribution < 1.29 is 23.9 Å². The Kier molecular flexibility index (Phi) is 9.16. The summed E-state index contributed by atoms with van der Waals surface area (Å²) in [6.45, 7) is 1.90. The number of benzene rings is 3. The van der Waals surface area contributed by atoms with Gasteiger partial charge in [0, 0.05) is 37.1 Å². The smallest absolute Gasteiger partial charge is 0.307 e. The van der Waals surface area contributed by atoms with Crippen molar-refractivity contribution in [2.24, 2.45) is 0 Å². The zero-order valence-corrected chi connectivity index (χ0v) is 23.6. The lowest BCUT2D eigenvalue weighted by Crippen LogP contribution is -2.39. The third-order valence-electron chi connectivity index (χ3n) is 6.78. The zero-order chi connectivity index (χ0) is 29.7. The molecule has 0 spiro atoms. The summed E-state index contributed by atoms with van der Waals surface area (Å²) in [5, 5.41) is 15.3. The lowest BCUT2D eigenvalue weighted by molar-refractivity contribution is -0.136. The Morgan fingerprint density at radius 2 is 1.68 bits per heavy atom. The predicted octanol–water partition coefficient (Wildman–Crippen LogP) is 3.84. The van der Waals surface area contributed by atoms with E-state index in [0.717, 1.165) is 13.1 Å². The third-order valence-corrected chi connectivity index (χ3v) is 6.78. The molecule has 0 aliphatic carbocycles. The number of hydrogen-bond acceptors (Lipinski definition) is 6. The fourth-order valence-electron chi connectivity index (χ4n) is 4.53. The van der Waals surface area contributed by atoms with Crippen LogP contribution >= 0.6 is 0 Å². The number of likely N-dealkylation sites (N-methyl/N-ethyl adjacent to an activating group) is 3. The van der Waals surface area contributed by atoms with Crippen LogP contribution in [0.4, 0.5) is 21.5 Å². The highest BCUT2D eigenvalue weighted by Crippen LogP contribution is 2.38. The molecule has 0 radical (unpaired) electrons. The predicted molar refractivity (Wildman–Crippen MR) is 159 cm³/mol. The van der Waals surface area contributed by atoms with Crippen molar-refractivity contribution in [3.05, 3.63) is 89.2 Å². The van der Waals surface area contributed by atoms with Crippen LogP contribution in [0.15, 0.2) is 66.7 Å². The number of rotatable bonds is 11. The van der Waals surface area contributed by atoms with Crippen molar-refractivity contribution in [3.8, 4) is 0 Å². The van der Waals surface area contributed by atoms with Crippen LogP contribution in [-0.2, 0) is 20.8 Å². The monoisotopic (exact) mass is 559 g/mol. The summed E-state index contributed by atoms with van der Waals surface area (Å²) in [6.07, 6.45) is -0.177. The van der Waals surface area contributed by atoms with Gasteiger partial charge < -0.3 is 25.5 Å². The van der Waals surface area contributed by atoms with E-state index in [1.165, 1.54) is 12.1 Å². The molecule has 2 amide bonds. The molecule has 0 fully saturated rings. The van der Waals surface area contributed by atoms with Crippen LogP contribution in [0.25, 0.3) is 11.3 Å². The summed E-state index contributed by atoms with van der Waals surface area (Å²) < 4.78 is 13.9. The number of nitrogens with zero attached hydrogens (tertiary/aromatic N) is 3. The Bertz CT molecular complexity index is 1490. The molecule has 3 aromatic rings. The molecule has 0 unspecified atom stereocenters. The van der Waals surface area contributed by atoms with Crippen molar-refractivity contribution in [3.63, 3.8) is 0 Å². The molecule has 214 valence electrons. The first-order valence-electron chi connectivity index (χ1n) is 13.2. The Morgan fingerprint density at radius 3 is 2.37 bits per heavy atom. The summed E-state index contributed by atoms with van der Waals surface area (Å²) in [5.41, 5.74) is 4.16. The van der Waals surface area contributed by atoms with Gasteiger partial charge in [-0.1, -0.05) is 18.2 Å². The van der Waals surface area contributed by atoms with Crippen molar-refractivity contribution in [2.45, 2.75) is 6.42 Å². The van der Waals surface area contributed by atoms with E-state index in [-0.39, 0.29) is 18.9 Å². The highest BCUT2D eigenvalue weighted by atomic mass is 19.1. The molecule has 1 heterocycles. The second kappa shape index (κ2) is 12.8. The number of amides is 2. The topological polar surface area (TPSA) is 105 Å². The van der Waals surface area contributed by atoms with Gasteiger partial charge in [0.05, 0.1) is 29.9 Å². The molecular formula is C31H34FN5O4. The minimum Gasteiger partial charge on any atom is -0.481 e. The zero-order valence-electron chi connectivity index (χ0n) is 23.6. The average Bonchev–Trinajstić information content (AvgIpc) is 3.24. The molecule has 4 rings (SSSR count). The largest absolute Gasteiger partial charge is 0.481 e. The number of aliphatic carboxylic acids is 1. The molecule has 0 aromatic heterocycles. The second-order valence-corrected chi connectivity index (χ2v) is 10.3. The van der Waals surface area contributed by atoms with Crippen LogP contribution in [0.3, 0.4) is 0 Å². The maximum absolute atomic E-state index is 13.9. The molecule has 0 saturated heterocycles. The first kappa shape index (κ1) is 29.4. The van der Waals surface area contributed by atoms with Gasteiger partial charge in [0.1, 0.15) is 5.82 Å². The summed E-state index contributed by atoms with van der Waals surface area (Å²) in [4.78, 5) is 42.9. The van der Waals surface area contributed by atoms with Gasteiger partial charge in [0.25, 0.3) is 5.91 Å². The maximum atomic E-state index is 13.9. The van der Waals surface area contributed by atoms with Gasteiger partial charge in [0.2, 0.25) is 5.91 Å². The van der Waals surface area contributed by atoms with Gasteiger partial charge in [0.15, 0.2) is 0 Å². The first-order valence-corrected chi connectivity index (χ1v) is 13.2. The fraction of sp³-hybridized carbons (Fsp3) is 0.258. The Balaban J connectivity index is 1.63. The normalized spacial score (nSPS) is 13.7. The summed E-state index contributed by atoms with van der Waals surface area (Å²) in [6, 6.07) is 18.2. The van der Waals surface area contributed by atoms with Crippen molar-refractivity contribution in [1.82, 2.24) is 9.80 Å². The minimum absolute atomic E-state index is 0.0449. The van der Waals surface area contributed by atoms with Gasteiger partial charge >= 0.3 is 5.97 Å². The first-order chi connectivity index (χ1) is 19.5. The molecule has 3 N–H and O–H groups in total. The van der Waals surface area contributed by atoms with Gasteiger partial charge in [-0.15, -0.1) is 0 Å². The number of hydrogen-bond donors (Lipinski definition) is 3. The van der Waals surface area contributed by atoms with E-state index in [0.29, 0.717) is 45.0 Å². The van der Waals surface area contributed by atoms with Crippen LogP contribution in [0.5, 0.6) is 0 Å². The van der Waals surface area contributed by atoms with E-state index in [2.05, 4.69) is 15.5 Å². The fourth-order valence-corrected chi connectivity index (χ4v) is 4.53. The molecular weight excluding hydrogens is 525 g/mol. The van der Waals surface area contributed by atoms with Crippen molar-refractivity contribution >= 4 is 46.1 Å². The lowest BCUT2D eigenvalue weighted by atomic mass is 9.98. The second-order valence-electron chi connectivity index (χ2n) is 10.3. The molecule has 3 aromatic carbocycles. The maximum Gasteiger partial charge on any atom is 0.307 e. The summed E-state index contributed by atoms with van der Waals surface area (Å²) >= 11 is 0. The Hall–Kier alpha value is -4.54. The number of fused-ring (bicyclic) bond motifs is 1. The molecule has 41 heavy (non-hydrogen) atoms. The molecule has 0 saturated carbocycles. The van der Waals surface area contributed by atoms with Gasteiger partial charge in [-0.25, -0.2) is 4.39 Å². The van der Waals surface area contributed by atoms with Gasteiger partial charge in [-0.3, -0.25) is 19.3 Å². The number of anilines is 3. The van der Waals surface area contributed by atoms with E-state index in [4.69, 9.17) is 0 Å². The highest BCUT2D eigenvalue weighted by Gasteiger charge is 2.29. The summed E-state index contributed by atoms with van der Waals surface area (Å²) in [5.74, 6) is -1.89. The SMILES string of the molecule is CN(C)CCN(C)CC(=O)N(C)c1ccc(N/C(=C2\C(=O)Nc3cc(F)ccc32)c2cccc(CC(=O)O)c2)cc1. The van der Waals surface area contributed by atoms with Crippen LogP contribution in [0.1, 0.15) is 16.7 Å². The number of nitrogens with one attached hydrogen (secondary N) is 2. The van der Waals surface area contributed by atoms with Crippen molar-refractivity contribution in [2.75, 3.05) is 63.4 Å². The van der Waals surface area contributed by atoms with E-state index in [1.807, 2.05) is 26.0 Å². The molecule has 1 aliphatic heterocycles. The quantitative estimate of drug-likeness (QED) is 0.307. The molecule has 0 bridgehead atoms. The van der Waals surface area contributed by atoms with Crippen LogP contribution in [0, 0.1) is 5.82 Å². The molecule has 9 nitrogen and oxygen atoms in total. The standard InChI is InChI=1S/C31H34FN5O4/c1-35(2)14-15-36(3)19-27(38)37(4)24-11-9-23(10-12-24)33-30(21-7-5-6-20(16-21)17-28(39)40)29-25-13-8-22(32)18-26(25)34-31(29)41/h5-13,16,18,33H,14-15,17,19H2,1-4H3,(H,34,41)(H,39,40)/b30-29-. The van der Waals surface area contributed by atoms with E-state index in [9.17, 15) is 23.9 Å². The average molecular weight is 560 g/mol. The summed E-state index contributed by atoms with van der Waals surface area (Å²) in [7, 11) is 7.62. The van der Waals surface area contributed by atoms with Crippen molar-refractivity contribution in [1.29, 1.82) is 0 Å². The number of carboxylic acid groups (broad SMARTS) is 1. The third kappa shape index (κ3) is 7.36. The van der Waals surface area contributed by atoms with E-state index < -0.39 is 17.7 Å². The van der Waals surface area contributed by atoms with E-state index >= 15 is 0 Å². The lowest BCUT2D eigenvalue weighted by Gasteiger charge is -2.23. The number of carboxylic acids is 1. The Labute approximate surface area is 238 Å². The number of carbonyl (C=O) groups excluding carboxylic acids is 2. The van der Waals surface area contributed by atoms with Crippen LogP contribution < -0.4 is 15.5 Å². The van der Waals surface area contributed by atoms with Crippen LogP contribution in [0.2, 0.25) is 0 Å². The molecule has 1 aliphatic rings. The number of carbonyl (C=O) groups is 3. The van der Waals surface area contributed by atoms with E-state index in [1.54, 1.807) is 66.5 Å². The van der Waals surface area contributed by atoms with Crippen LogP contribution in [-0.4, -0.2) is 80.5 Å². The molecule has 10 heteroatoms. The Morgan fingerprint density at radius 1 is 0.951 bits per heavy atom. The highest BCUT2D eigenvalue weighted by molar-refractivity contribution is 6.37. The van der Waals surface area contributed by atoms with Gasteiger partial charge in [-0.2, -0.15) is 0 Å².